The molecule has 1 atom stereocenters. The molecular weight excluding hydrogens is 199 g/mol. The number of hydrogen-bond donors (Lipinski definition) is 0. The third-order valence-electron chi connectivity index (χ3n) is 3.94. The molecule has 0 spiro atoms. The number of benzene rings is 1. The minimum atomic E-state index is 0.901. The van der Waals surface area contributed by atoms with Crippen molar-refractivity contribution in [3.05, 3.63) is 33.1 Å². The van der Waals surface area contributed by atoms with Gasteiger partial charge in [-0.15, -0.1) is 8.19 Å². The fourth-order valence-corrected chi connectivity index (χ4v) is 3.97. The van der Waals surface area contributed by atoms with Crippen LogP contribution in [0.5, 0.6) is 0 Å². The maximum Gasteiger partial charge on any atom is 0.00218 e. The van der Waals surface area contributed by atoms with E-state index in [4.69, 9.17) is 0 Å². The second-order valence-electron chi connectivity index (χ2n) is 4.62. The first-order valence-corrected chi connectivity index (χ1v) is 6.50. The Bertz CT molecular complexity index is 544. The standard InChI is InChI=1S/C14H19P/c1-7-8(2)10(4)14-13(9(7)3)11(5)12(6)15-14/h15H,1-6H3. The summed E-state index contributed by atoms with van der Waals surface area (Å²) in [6.45, 7) is 13.6. The molecule has 15 heavy (non-hydrogen) atoms. The van der Waals surface area contributed by atoms with Gasteiger partial charge in [0.25, 0.3) is 0 Å². The van der Waals surface area contributed by atoms with Crippen molar-refractivity contribution in [2.45, 2.75) is 41.5 Å². The Morgan fingerprint density at radius 2 is 1.13 bits per heavy atom. The van der Waals surface area contributed by atoms with Crippen LogP contribution in [0.15, 0.2) is 0 Å². The zero-order valence-corrected chi connectivity index (χ0v) is 11.5. The topological polar surface area (TPSA) is 0 Å². The number of rotatable bonds is 0. The maximum absolute atomic E-state index is 2.28. The molecule has 0 aliphatic carbocycles. The Morgan fingerprint density at radius 3 is 1.73 bits per heavy atom. The van der Waals surface area contributed by atoms with Gasteiger partial charge in [0.15, 0.2) is 0 Å². The molecule has 0 aliphatic heterocycles. The van der Waals surface area contributed by atoms with Crippen molar-refractivity contribution in [1.82, 2.24) is 0 Å². The van der Waals surface area contributed by atoms with E-state index in [-0.39, 0.29) is 0 Å². The number of hydrogen-bond acceptors (Lipinski definition) is 0. The van der Waals surface area contributed by atoms with Crippen LogP contribution < -0.4 is 0 Å². The van der Waals surface area contributed by atoms with Gasteiger partial charge in [0.2, 0.25) is 0 Å². The highest BCUT2D eigenvalue weighted by molar-refractivity contribution is 7.38. The van der Waals surface area contributed by atoms with Gasteiger partial charge in [0, 0.05) is 5.12 Å². The van der Waals surface area contributed by atoms with Crippen LogP contribution in [-0.4, -0.2) is 0 Å². The van der Waals surface area contributed by atoms with E-state index in [9.17, 15) is 0 Å². The Labute approximate surface area is 93.8 Å². The Kier molecular flexibility index (Phi) is 2.43. The molecule has 1 unspecified atom stereocenters. The number of aryl methyl sites for hydroxylation is 4. The second-order valence-corrected chi connectivity index (χ2v) is 6.12. The normalized spacial score (nSPS) is 11.9. The molecule has 1 heteroatoms. The molecule has 0 saturated heterocycles. The van der Waals surface area contributed by atoms with Gasteiger partial charge in [-0.25, -0.2) is 0 Å². The second kappa shape index (κ2) is 3.39. The summed E-state index contributed by atoms with van der Waals surface area (Å²) in [5, 5.41) is 4.72. The van der Waals surface area contributed by atoms with Crippen LogP contribution in [0, 0.1) is 41.5 Å². The van der Waals surface area contributed by atoms with Gasteiger partial charge in [-0.2, -0.15) is 0 Å². The largest absolute Gasteiger partial charge is 0.128 e. The summed E-state index contributed by atoms with van der Waals surface area (Å²) >= 11 is 0. The molecule has 0 radical (unpaired) electrons. The summed E-state index contributed by atoms with van der Waals surface area (Å²) in [5.74, 6) is 0. The zero-order valence-electron chi connectivity index (χ0n) is 10.5. The molecule has 0 amide bonds. The van der Waals surface area contributed by atoms with Crippen LogP contribution in [0.4, 0.5) is 0 Å². The first-order valence-electron chi connectivity index (χ1n) is 5.50. The highest BCUT2D eigenvalue weighted by Crippen LogP contribution is 2.40. The Balaban J connectivity index is 3.07. The molecule has 0 bridgehead atoms. The van der Waals surface area contributed by atoms with E-state index in [1.54, 1.807) is 15.8 Å². The van der Waals surface area contributed by atoms with Crippen molar-refractivity contribution in [3.63, 3.8) is 0 Å². The molecule has 1 aromatic carbocycles. The lowest BCUT2D eigenvalue weighted by Gasteiger charge is -2.11. The SMILES string of the molecule is Cc1[pH]c2c(C)c(C)c(C)c(C)c2c1C. The zero-order chi connectivity index (χ0) is 11.3. The van der Waals surface area contributed by atoms with Crippen LogP contribution in [-0.2, 0) is 0 Å². The van der Waals surface area contributed by atoms with E-state index in [1.165, 1.54) is 27.8 Å². The number of fused-ring (bicyclic) bond motifs is 1. The lowest BCUT2D eigenvalue weighted by Crippen LogP contribution is -1.92. The Hall–Kier alpha value is -0.740. The van der Waals surface area contributed by atoms with Gasteiger partial charge in [-0.1, -0.05) is 0 Å². The molecule has 0 saturated carbocycles. The van der Waals surface area contributed by atoms with Crippen LogP contribution in [0.2, 0.25) is 0 Å². The van der Waals surface area contributed by atoms with Crippen molar-refractivity contribution >= 4 is 18.7 Å². The fourth-order valence-electron chi connectivity index (χ4n) is 2.41. The Morgan fingerprint density at radius 1 is 0.600 bits per heavy atom. The lowest BCUT2D eigenvalue weighted by molar-refractivity contribution is 1.25. The van der Waals surface area contributed by atoms with Crippen molar-refractivity contribution < 1.29 is 0 Å². The smallest absolute Gasteiger partial charge is 0.00218 e. The molecule has 2 aromatic rings. The van der Waals surface area contributed by atoms with Crippen LogP contribution in [0.25, 0.3) is 10.5 Å². The van der Waals surface area contributed by atoms with E-state index in [2.05, 4.69) is 41.5 Å². The molecule has 80 valence electrons. The van der Waals surface area contributed by atoms with Crippen molar-refractivity contribution in [3.8, 4) is 0 Å². The summed E-state index contributed by atoms with van der Waals surface area (Å²) in [6.07, 6.45) is 0. The molecular formula is C14H19P. The summed E-state index contributed by atoms with van der Waals surface area (Å²) in [6, 6.07) is 0. The van der Waals surface area contributed by atoms with Gasteiger partial charge in [-0.3, -0.25) is 0 Å². The van der Waals surface area contributed by atoms with E-state index in [1.807, 2.05) is 0 Å². The molecule has 0 nitrogen and oxygen atoms in total. The van der Waals surface area contributed by atoms with Crippen LogP contribution in [0.3, 0.4) is 0 Å². The van der Waals surface area contributed by atoms with Gasteiger partial charge in [0.1, 0.15) is 0 Å². The summed E-state index contributed by atoms with van der Waals surface area (Å²) in [7, 11) is 0.901. The van der Waals surface area contributed by atoms with Gasteiger partial charge >= 0.3 is 0 Å². The monoisotopic (exact) mass is 218 g/mol. The van der Waals surface area contributed by atoms with Gasteiger partial charge < -0.3 is 0 Å². The van der Waals surface area contributed by atoms with E-state index >= 15 is 0 Å². The fraction of sp³-hybridized carbons (Fsp3) is 0.429. The third-order valence-corrected chi connectivity index (χ3v) is 5.56. The lowest BCUT2D eigenvalue weighted by atomic mass is 9.94. The molecule has 0 fully saturated rings. The van der Waals surface area contributed by atoms with Crippen molar-refractivity contribution in [2.24, 2.45) is 0 Å². The maximum atomic E-state index is 2.28. The first-order chi connectivity index (χ1) is 6.95. The average Bonchev–Trinajstić information content (AvgIpc) is 2.50. The average molecular weight is 218 g/mol. The molecule has 2 rings (SSSR count). The van der Waals surface area contributed by atoms with Crippen molar-refractivity contribution in [1.29, 1.82) is 0 Å². The van der Waals surface area contributed by atoms with Gasteiger partial charge in [-0.05, 0) is 80.0 Å². The third kappa shape index (κ3) is 1.35. The minimum Gasteiger partial charge on any atom is -0.128 e. The predicted octanol–water partition coefficient (Wildman–Crippen LogP) is 4.72. The van der Waals surface area contributed by atoms with E-state index < -0.39 is 0 Å². The highest BCUT2D eigenvalue weighted by Gasteiger charge is 2.13. The van der Waals surface area contributed by atoms with Crippen LogP contribution >= 0.6 is 8.19 Å². The first kappa shape index (κ1) is 10.8. The molecule has 1 heterocycles. The van der Waals surface area contributed by atoms with Crippen molar-refractivity contribution in [2.75, 3.05) is 0 Å². The summed E-state index contributed by atoms with van der Waals surface area (Å²) < 4.78 is 0. The highest BCUT2D eigenvalue weighted by atomic mass is 31.0. The van der Waals surface area contributed by atoms with Crippen LogP contribution in [0.1, 0.15) is 33.1 Å². The van der Waals surface area contributed by atoms with E-state index in [0.29, 0.717) is 0 Å². The van der Waals surface area contributed by atoms with E-state index in [0.717, 1.165) is 8.19 Å². The van der Waals surface area contributed by atoms with Gasteiger partial charge in [0.05, 0.1) is 0 Å². The molecule has 1 aromatic heterocycles. The summed E-state index contributed by atoms with van der Waals surface area (Å²) in [4.78, 5) is 0. The predicted molar refractivity (Wildman–Crippen MR) is 71.9 cm³/mol. The minimum absolute atomic E-state index is 0.901. The molecule has 0 N–H and O–H groups in total. The molecule has 0 aliphatic rings. The summed E-state index contributed by atoms with van der Waals surface area (Å²) in [5.41, 5.74) is 7.50. The quantitative estimate of drug-likeness (QED) is 0.600.